The average Bonchev–Trinajstić information content (AvgIpc) is 1.59. The van der Waals surface area contributed by atoms with Crippen LogP contribution in [0.2, 0.25) is 0 Å². The largest absolute Gasteiger partial charge is 0.368 e. The van der Waals surface area contributed by atoms with E-state index in [9.17, 15) is 24.0 Å². The predicted octanol–water partition coefficient (Wildman–Crippen LogP) is 3.07. The number of hydrogen-bond donors (Lipinski definition) is 23. The fraction of sp³-hybridized carbons (Fsp3) is 0.521. The number of aromatic nitrogens is 4. The second-order valence-corrected chi connectivity index (χ2v) is 33.9. The molecule has 0 aliphatic rings. The third kappa shape index (κ3) is 31.1. The molecule has 4 heterocycles. The number of para-hydroxylation sites is 4. The first-order chi connectivity index (χ1) is 62.7. The van der Waals surface area contributed by atoms with Gasteiger partial charge in [0.1, 0.15) is 72.5 Å². The van der Waals surface area contributed by atoms with Gasteiger partial charge in [-0.2, -0.15) is 0 Å². The minimum atomic E-state index is -1.48. The Kier molecular flexibility index (Phi) is 42.7. The van der Waals surface area contributed by atoms with Crippen molar-refractivity contribution in [1.82, 2.24) is 83.7 Å². The van der Waals surface area contributed by atoms with Crippen molar-refractivity contribution in [3.63, 3.8) is 0 Å². The van der Waals surface area contributed by atoms with E-state index in [1.807, 2.05) is 111 Å². The Morgan fingerprint density at radius 2 is 0.469 bits per heavy atom. The number of unbranched alkanes of at least 4 members (excludes halogenated alkanes) is 6. The lowest BCUT2D eigenvalue weighted by Crippen LogP contribution is -2.62. The molecular formula is C94H139N23O13. The summed E-state index contributed by atoms with van der Waals surface area (Å²) in [5, 5.41) is 37.4. The minimum Gasteiger partial charge on any atom is -0.368 e. The number of hydrogen-bond acceptors (Lipinski definition) is 19. The van der Waals surface area contributed by atoms with Crippen molar-refractivity contribution in [2.75, 3.05) is 39.3 Å². The fourth-order valence-corrected chi connectivity index (χ4v) is 16.1. The van der Waals surface area contributed by atoms with E-state index in [1.54, 1.807) is 38.6 Å². The molecule has 8 aromatic rings. The minimum absolute atomic E-state index is 0.00429. The number of fused-ring (bicyclic) bond motifs is 4. The van der Waals surface area contributed by atoms with Gasteiger partial charge in [-0.1, -0.05) is 113 Å². The molecule has 130 heavy (non-hydrogen) atoms. The van der Waals surface area contributed by atoms with Crippen LogP contribution in [0.1, 0.15) is 185 Å². The smallest absolute Gasteiger partial charge is 0.243 e. The van der Waals surface area contributed by atoms with Crippen molar-refractivity contribution in [1.29, 1.82) is 0 Å². The van der Waals surface area contributed by atoms with Gasteiger partial charge in [0, 0.05) is 101 Å². The van der Waals surface area contributed by atoms with Crippen LogP contribution < -0.4 is 104 Å². The van der Waals surface area contributed by atoms with Gasteiger partial charge in [0.25, 0.3) is 0 Å². The second kappa shape index (κ2) is 53.8. The van der Waals surface area contributed by atoms with Crippen LogP contribution in [0, 0.1) is 11.8 Å². The standard InChI is InChI=1S/C94H139N23O13/c1-6-56(3)81(116-91(127)79(50-61-54-104-69-34-14-10-30-65(61)69)113-84(120)72(106-58(5)118)37-17-23-43-96)93(129)110-75(40-20-26-46-99)86(122)108-74(39-19-25-45-98)87(123)114-80(51-62-55-105-70-35-15-11-31-66(62)70)92(128)117-82(57(4)7-2)94(130)111-76(41-21-27-47-100)88(124)112-78(49-60-53-103-68-33-13-9-29-64(60)68)90(126)115-77(48-59-52-102-67-32-12-8-28-63(59)67)89(125)109-73(38-18-24-44-97)85(121)107-71(83(101)119)36-16-22-42-95/h8-15,28-35,52-57,71-82,102-105H,6-7,16-27,36-51,95-100H2,1-5H3,(H2,101,119)(H,106,118)(H,107,121)(H,108,122)(H,109,125)(H,110,129)(H,111,130)(H,112,124)(H,113,120)(H,114,123)(H,115,126)(H,116,127)(H,117,128)/t56-,57-,71-,72-,73-,74-,75-,76-,77-,78-,79-,80-,81-,82-/m0/s1. The lowest BCUT2D eigenvalue weighted by Gasteiger charge is -2.30. The molecular weight excluding hydrogens is 1660 g/mol. The lowest BCUT2D eigenvalue weighted by atomic mass is 9.96. The molecule has 0 bridgehead atoms. The molecule has 4 aromatic carbocycles. The third-order valence-electron chi connectivity index (χ3n) is 24.1. The van der Waals surface area contributed by atoms with Crippen molar-refractivity contribution in [3.05, 3.63) is 144 Å². The van der Waals surface area contributed by atoms with E-state index in [1.165, 1.54) is 6.92 Å². The SMILES string of the molecule is CC[C@H](C)[C@H](NC(=O)[C@H](Cc1c[nH]c2ccccc12)NC(=O)[C@H](CCCCN)NC(C)=O)C(=O)N[C@@H](CCCCN)C(=O)N[C@@H](CCCCN)C(=O)N[C@@H](Cc1c[nH]c2ccccc12)C(=O)N[C@H](C(=O)N[C@@H](CCCCN)C(=O)N[C@@H](Cc1c[nH]c2ccccc12)C(=O)N[C@@H](Cc1c[nH]c2ccccc12)C(=O)N[C@@H](CCCCN)C(=O)N[C@@H](CCCCN)C(N)=O)[C@@H](C)CC. The number of carbonyl (C=O) groups is 13. The zero-order valence-electron chi connectivity index (χ0n) is 75.7. The summed E-state index contributed by atoms with van der Waals surface area (Å²) in [6.45, 7) is 10.1. The maximum atomic E-state index is 15.6. The number of primary amides is 1. The molecule has 36 heteroatoms. The van der Waals surface area contributed by atoms with Gasteiger partial charge in [-0.05, 0) is 213 Å². The van der Waals surface area contributed by atoms with Gasteiger partial charge in [0.05, 0.1) is 0 Å². The van der Waals surface area contributed by atoms with Crippen LogP contribution in [0.3, 0.4) is 0 Å². The summed E-state index contributed by atoms with van der Waals surface area (Å²) in [6.07, 6.45) is 12.7. The van der Waals surface area contributed by atoms with E-state index in [0.29, 0.717) is 136 Å². The zero-order chi connectivity index (χ0) is 94.2. The van der Waals surface area contributed by atoms with Crippen molar-refractivity contribution in [3.8, 4) is 0 Å². The van der Waals surface area contributed by atoms with Gasteiger partial charge in [-0.15, -0.1) is 0 Å². The highest BCUT2D eigenvalue weighted by molar-refractivity contribution is 6.01. The van der Waals surface area contributed by atoms with Gasteiger partial charge in [-0.25, -0.2) is 0 Å². The predicted molar refractivity (Wildman–Crippen MR) is 502 cm³/mol. The van der Waals surface area contributed by atoms with Crippen LogP contribution >= 0.6 is 0 Å². The fourth-order valence-electron chi connectivity index (χ4n) is 16.1. The van der Waals surface area contributed by atoms with Crippen molar-refractivity contribution < 1.29 is 62.3 Å². The van der Waals surface area contributed by atoms with Gasteiger partial charge in [0.15, 0.2) is 0 Å². The molecule has 36 nitrogen and oxygen atoms in total. The van der Waals surface area contributed by atoms with Crippen molar-refractivity contribution in [2.45, 2.75) is 261 Å². The molecule has 0 radical (unpaired) electrons. The summed E-state index contributed by atoms with van der Waals surface area (Å²) in [5.41, 5.74) is 46.8. The monoisotopic (exact) mass is 1800 g/mol. The first-order valence-electron chi connectivity index (χ1n) is 46.0. The molecule has 0 fully saturated rings. The highest BCUT2D eigenvalue weighted by Gasteiger charge is 2.40. The van der Waals surface area contributed by atoms with Crippen molar-refractivity contribution >= 4 is 120 Å². The number of nitrogens with one attached hydrogen (secondary N) is 16. The molecule has 0 unspecified atom stereocenters. The Bertz CT molecular complexity index is 5020. The summed E-state index contributed by atoms with van der Waals surface area (Å²) >= 11 is 0. The number of rotatable bonds is 60. The van der Waals surface area contributed by atoms with E-state index < -0.39 is 161 Å². The highest BCUT2D eigenvalue weighted by atomic mass is 16.2. The average molecular weight is 1800 g/mol. The van der Waals surface area contributed by atoms with Gasteiger partial charge < -0.3 is 124 Å². The molecule has 0 saturated heterocycles. The zero-order valence-corrected chi connectivity index (χ0v) is 75.7. The van der Waals surface area contributed by atoms with Crippen LogP contribution in [0.4, 0.5) is 0 Å². The Hall–Kier alpha value is -12.1. The van der Waals surface area contributed by atoms with Gasteiger partial charge >= 0.3 is 0 Å². The van der Waals surface area contributed by atoms with Crippen LogP contribution in [-0.4, -0.2) is 208 Å². The molecule has 14 atom stereocenters. The van der Waals surface area contributed by atoms with E-state index >= 15 is 38.4 Å². The Morgan fingerprint density at radius 1 is 0.269 bits per heavy atom. The molecule has 30 N–H and O–H groups in total. The molecule has 0 aliphatic carbocycles. The van der Waals surface area contributed by atoms with E-state index in [4.69, 9.17) is 40.1 Å². The topological polar surface area (TPSA) is 612 Å². The number of benzene rings is 4. The molecule has 8 rings (SSSR count). The van der Waals surface area contributed by atoms with E-state index in [0.717, 1.165) is 32.7 Å². The molecule has 0 spiro atoms. The molecule has 708 valence electrons. The molecule has 0 aliphatic heterocycles. The summed E-state index contributed by atoms with van der Waals surface area (Å²) in [6, 6.07) is 13.6. The highest BCUT2D eigenvalue weighted by Crippen LogP contribution is 2.26. The van der Waals surface area contributed by atoms with Gasteiger partial charge in [-0.3, -0.25) is 62.3 Å². The van der Waals surface area contributed by atoms with Crippen LogP contribution in [-0.2, 0) is 88.0 Å². The normalized spacial score (nSPS) is 14.7. The number of nitrogens with two attached hydrogens (primary N) is 7. The van der Waals surface area contributed by atoms with Crippen molar-refractivity contribution in [2.24, 2.45) is 52.0 Å². The van der Waals surface area contributed by atoms with Crippen LogP contribution in [0.15, 0.2) is 122 Å². The van der Waals surface area contributed by atoms with E-state index in [-0.39, 0.29) is 90.4 Å². The van der Waals surface area contributed by atoms with Crippen LogP contribution in [0.5, 0.6) is 0 Å². The summed E-state index contributed by atoms with van der Waals surface area (Å²) in [7, 11) is 0. The third-order valence-corrected chi connectivity index (χ3v) is 24.1. The molecule has 0 saturated carbocycles. The first-order valence-corrected chi connectivity index (χ1v) is 46.0. The molecule has 13 amide bonds. The van der Waals surface area contributed by atoms with Crippen LogP contribution in [0.25, 0.3) is 43.6 Å². The summed E-state index contributed by atoms with van der Waals surface area (Å²) in [5.74, 6) is -10.9. The maximum absolute atomic E-state index is 15.6. The first kappa shape index (κ1) is 103. The quantitative estimate of drug-likeness (QED) is 0.0244. The van der Waals surface area contributed by atoms with Gasteiger partial charge in [0.2, 0.25) is 76.8 Å². The molecule has 4 aromatic heterocycles. The lowest BCUT2D eigenvalue weighted by molar-refractivity contribution is -0.137. The number of aromatic amines is 4. The Labute approximate surface area is 759 Å². The Morgan fingerprint density at radius 3 is 0.700 bits per heavy atom. The summed E-state index contributed by atoms with van der Waals surface area (Å²) in [4.78, 5) is 205. The number of H-pyrrole nitrogens is 4. The summed E-state index contributed by atoms with van der Waals surface area (Å²) < 4.78 is 0. The maximum Gasteiger partial charge on any atom is 0.243 e. The number of amides is 13. The Balaban J connectivity index is 1.07. The second-order valence-electron chi connectivity index (χ2n) is 33.9. The number of carbonyl (C=O) groups excluding carboxylic acids is 13. The van der Waals surface area contributed by atoms with E-state index in [2.05, 4.69) is 83.7 Å².